The van der Waals surface area contributed by atoms with E-state index in [1.807, 2.05) is 0 Å². The standard InChI is InChI=1S/C63H59BN2O/c1-60(2,3)42-29-34-49(35-30-42)65-53-28-20-19-27-52(53)64-57-51-38-33-47(62(7,8)9)41-56(51)67-59(57)66(50-36-31-43(32-37-50)61(4,5)6)55-40-48(39-54(65)58(55)64)63(44-21-13-10-14-22-44,45-23-15-11-16-24-45)46-25-17-12-18-26-46/h10-41H,1-9H3. The highest BCUT2D eigenvalue weighted by Gasteiger charge is 2.48. The molecule has 0 radical (unpaired) electrons. The van der Waals surface area contributed by atoms with Crippen LogP contribution < -0.4 is 26.2 Å². The van der Waals surface area contributed by atoms with E-state index in [0.717, 1.165) is 39.6 Å². The molecule has 8 aromatic carbocycles. The lowest BCUT2D eigenvalue weighted by Crippen LogP contribution is -2.61. The third-order valence-electron chi connectivity index (χ3n) is 14.5. The number of para-hydroxylation sites is 1. The second-order valence-corrected chi connectivity index (χ2v) is 21.8. The Morgan fingerprint density at radius 3 is 1.28 bits per heavy atom. The SMILES string of the molecule is CC(C)(C)c1ccc(N2c3ccccc3B3c4c2cc(C(c2ccccc2)(c2ccccc2)c2ccccc2)cc4N(c2ccc(C(C)(C)C)cc2)c2oc4cc(C(C)(C)C)ccc4c23)cc1. The van der Waals surface area contributed by atoms with Crippen molar-refractivity contribution in [1.29, 1.82) is 0 Å². The fourth-order valence-corrected chi connectivity index (χ4v) is 11.0. The van der Waals surface area contributed by atoms with Gasteiger partial charge in [-0.05, 0) is 115 Å². The smallest absolute Gasteiger partial charge is 0.257 e. The van der Waals surface area contributed by atoms with Crippen LogP contribution in [0.25, 0.3) is 11.0 Å². The number of benzene rings is 8. The van der Waals surface area contributed by atoms with Crippen molar-refractivity contribution < 1.29 is 4.42 Å². The Morgan fingerprint density at radius 2 is 0.791 bits per heavy atom. The van der Waals surface area contributed by atoms with Crippen molar-refractivity contribution in [3.05, 3.63) is 233 Å². The first-order valence-corrected chi connectivity index (χ1v) is 24.0. The van der Waals surface area contributed by atoms with Crippen LogP contribution in [0, 0.1) is 0 Å². The van der Waals surface area contributed by atoms with Crippen LogP contribution in [0.1, 0.15) is 101 Å². The van der Waals surface area contributed by atoms with Crippen molar-refractivity contribution in [3.8, 4) is 0 Å². The van der Waals surface area contributed by atoms with Gasteiger partial charge in [0.15, 0.2) is 0 Å². The number of fused-ring (bicyclic) bond motifs is 6. The number of anilines is 6. The first-order chi connectivity index (χ1) is 32.1. The van der Waals surface area contributed by atoms with Crippen molar-refractivity contribution in [1.82, 2.24) is 0 Å². The molecule has 0 aliphatic carbocycles. The molecule has 67 heavy (non-hydrogen) atoms. The van der Waals surface area contributed by atoms with Gasteiger partial charge in [0, 0.05) is 39.3 Å². The van der Waals surface area contributed by atoms with Gasteiger partial charge in [-0.3, -0.25) is 4.90 Å². The fraction of sp³-hybridized carbons (Fsp3) is 0.206. The molecule has 3 heterocycles. The molecule has 0 fully saturated rings. The minimum absolute atomic E-state index is 0.00805. The van der Waals surface area contributed by atoms with Gasteiger partial charge in [-0.25, -0.2) is 0 Å². The molecule has 0 saturated heterocycles. The zero-order chi connectivity index (χ0) is 46.5. The monoisotopic (exact) mass is 870 g/mol. The average molecular weight is 871 g/mol. The first-order valence-electron chi connectivity index (χ1n) is 24.0. The molecule has 1 aromatic heterocycles. The minimum atomic E-state index is -0.707. The van der Waals surface area contributed by atoms with Crippen LogP contribution in [0.15, 0.2) is 199 Å². The van der Waals surface area contributed by atoms with Gasteiger partial charge in [-0.2, -0.15) is 0 Å². The van der Waals surface area contributed by atoms with Gasteiger partial charge in [0.25, 0.3) is 6.71 Å². The molecule has 0 saturated carbocycles. The molecule has 11 rings (SSSR count). The lowest BCUT2D eigenvalue weighted by atomic mass is 9.33. The van der Waals surface area contributed by atoms with E-state index in [1.54, 1.807) is 0 Å². The van der Waals surface area contributed by atoms with E-state index >= 15 is 0 Å². The molecule has 0 unspecified atom stereocenters. The molecule has 0 bridgehead atoms. The quantitative estimate of drug-likeness (QED) is 0.123. The number of hydrogen-bond acceptors (Lipinski definition) is 3. The number of hydrogen-bond donors (Lipinski definition) is 0. The lowest BCUT2D eigenvalue weighted by Gasteiger charge is -2.45. The van der Waals surface area contributed by atoms with E-state index in [0.29, 0.717) is 0 Å². The van der Waals surface area contributed by atoms with Crippen LogP contribution in [-0.4, -0.2) is 6.71 Å². The summed E-state index contributed by atoms with van der Waals surface area (Å²) in [6, 6.07) is 72.8. The van der Waals surface area contributed by atoms with Gasteiger partial charge in [0.1, 0.15) is 5.58 Å². The molecule has 330 valence electrons. The molecule has 0 spiro atoms. The number of furan rings is 1. The van der Waals surface area contributed by atoms with Gasteiger partial charge < -0.3 is 9.32 Å². The Hall–Kier alpha value is -7.04. The highest BCUT2D eigenvalue weighted by Crippen LogP contribution is 2.52. The Labute approximate surface area is 397 Å². The summed E-state index contributed by atoms with van der Waals surface area (Å²) in [6.07, 6.45) is 0. The molecule has 2 aliphatic rings. The van der Waals surface area contributed by atoms with Gasteiger partial charge in [-0.1, -0.05) is 208 Å². The van der Waals surface area contributed by atoms with Gasteiger partial charge in [0.2, 0.25) is 5.88 Å². The van der Waals surface area contributed by atoms with Crippen LogP contribution in [0.5, 0.6) is 0 Å². The predicted octanol–water partition coefficient (Wildman–Crippen LogP) is 14.8. The Morgan fingerprint density at radius 1 is 0.358 bits per heavy atom. The predicted molar refractivity (Wildman–Crippen MR) is 285 cm³/mol. The van der Waals surface area contributed by atoms with E-state index in [9.17, 15) is 0 Å². The summed E-state index contributed by atoms with van der Waals surface area (Å²) in [7, 11) is 0. The summed E-state index contributed by atoms with van der Waals surface area (Å²) in [6.45, 7) is 20.5. The first kappa shape index (κ1) is 42.6. The average Bonchev–Trinajstić information content (AvgIpc) is 3.70. The molecule has 0 N–H and O–H groups in total. The Kier molecular flexibility index (Phi) is 9.87. The van der Waals surface area contributed by atoms with Gasteiger partial charge in [-0.15, -0.1) is 0 Å². The summed E-state index contributed by atoms with van der Waals surface area (Å²) in [5, 5.41) is 1.15. The van der Waals surface area contributed by atoms with Crippen molar-refractivity contribution in [2.75, 3.05) is 9.80 Å². The van der Waals surface area contributed by atoms with E-state index in [4.69, 9.17) is 4.42 Å². The third-order valence-corrected chi connectivity index (χ3v) is 14.5. The van der Waals surface area contributed by atoms with Crippen LogP contribution in [0.3, 0.4) is 0 Å². The van der Waals surface area contributed by atoms with Crippen LogP contribution in [0.4, 0.5) is 34.3 Å². The second kappa shape index (κ2) is 15.5. The highest BCUT2D eigenvalue weighted by molar-refractivity contribution is 7.01. The summed E-state index contributed by atoms with van der Waals surface area (Å²) in [5.74, 6) is 0.868. The van der Waals surface area contributed by atoms with Crippen molar-refractivity contribution >= 4 is 68.4 Å². The summed E-state index contributed by atoms with van der Waals surface area (Å²) in [4.78, 5) is 4.98. The molecule has 0 atom stereocenters. The second-order valence-electron chi connectivity index (χ2n) is 21.8. The van der Waals surface area contributed by atoms with E-state index in [2.05, 4.69) is 266 Å². The van der Waals surface area contributed by atoms with Gasteiger partial charge in [0.05, 0.1) is 5.41 Å². The molecule has 0 amide bonds. The minimum Gasteiger partial charge on any atom is -0.440 e. The Bertz CT molecular complexity index is 3180. The molecule has 9 aromatic rings. The Balaban J connectivity index is 1.32. The largest absolute Gasteiger partial charge is 0.440 e. The van der Waals surface area contributed by atoms with E-state index < -0.39 is 5.41 Å². The topological polar surface area (TPSA) is 19.6 Å². The number of rotatable bonds is 6. The zero-order valence-corrected chi connectivity index (χ0v) is 40.4. The maximum atomic E-state index is 7.41. The lowest BCUT2D eigenvalue weighted by molar-refractivity contribution is 0.584. The summed E-state index contributed by atoms with van der Waals surface area (Å²) in [5.41, 5.74) is 18.1. The third kappa shape index (κ3) is 6.86. The maximum Gasteiger partial charge on any atom is 0.257 e. The number of nitrogens with zero attached hydrogens (tertiary/aromatic N) is 2. The molecule has 3 nitrogen and oxygen atoms in total. The maximum absolute atomic E-state index is 7.41. The van der Waals surface area contributed by atoms with Crippen molar-refractivity contribution in [2.24, 2.45) is 0 Å². The van der Waals surface area contributed by atoms with Crippen molar-refractivity contribution in [3.63, 3.8) is 0 Å². The van der Waals surface area contributed by atoms with E-state index in [1.165, 1.54) is 61.0 Å². The summed E-state index contributed by atoms with van der Waals surface area (Å²) < 4.78 is 7.41. The molecular formula is C63H59BN2O. The van der Waals surface area contributed by atoms with Crippen molar-refractivity contribution in [2.45, 2.75) is 84.0 Å². The van der Waals surface area contributed by atoms with Gasteiger partial charge >= 0.3 is 0 Å². The fourth-order valence-electron chi connectivity index (χ4n) is 11.0. The molecule has 4 heteroatoms. The summed E-state index contributed by atoms with van der Waals surface area (Å²) >= 11 is 0. The highest BCUT2D eigenvalue weighted by atomic mass is 16.4. The van der Waals surface area contributed by atoms with Crippen LogP contribution in [0.2, 0.25) is 0 Å². The van der Waals surface area contributed by atoms with Crippen LogP contribution >= 0.6 is 0 Å². The zero-order valence-electron chi connectivity index (χ0n) is 40.4. The molecular weight excluding hydrogens is 812 g/mol. The van der Waals surface area contributed by atoms with Crippen LogP contribution in [-0.2, 0) is 21.7 Å². The van der Waals surface area contributed by atoms with E-state index in [-0.39, 0.29) is 23.0 Å². The molecule has 2 aliphatic heterocycles. The normalized spacial score (nSPS) is 13.7.